The van der Waals surface area contributed by atoms with Crippen molar-refractivity contribution in [2.45, 2.75) is 13.5 Å². The van der Waals surface area contributed by atoms with E-state index in [1.807, 2.05) is 6.07 Å². The van der Waals surface area contributed by atoms with E-state index < -0.39 is 0 Å². The molecule has 0 saturated heterocycles. The SMILES string of the molecule is Cc1cc(C(=O)NCc2ccco2)nc(Nc2ccc3c(c2)OCO3)n1. The van der Waals surface area contributed by atoms with E-state index in [0.717, 1.165) is 5.69 Å². The van der Waals surface area contributed by atoms with Crippen LogP contribution in [0.5, 0.6) is 11.5 Å². The summed E-state index contributed by atoms with van der Waals surface area (Å²) in [5, 5.41) is 5.85. The number of fused-ring (bicyclic) bond motifs is 1. The molecule has 0 saturated carbocycles. The van der Waals surface area contributed by atoms with Gasteiger partial charge < -0.3 is 24.5 Å². The Morgan fingerprint density at radius 1 is 1.15 bits per heavy atom. The van der Waals surface area contributed by atoms with Crippen LogP contribution in [0.15, 0.2) is 47.1 Å². The van der Waals surface area contributed by atoms with Crippen molar-refractivity contribution in [3.63, 3.8) is 0 Å². The minimum Gasteiger partial charge on any atom is -0.467 e. The van der Waals surface area contributed by atoms with Crippen molar-refractivity contribution in [1.82, 2.24) is 15.3 Å². The number of rotatable bonds is 5. The van der Waals surface area contributed by atoms with Crippen LogP contribution in [0.3, 0.4) is 0 Å². The van der Waals surface area contributed by atoms with Gasteiger partial charge in [0.05, 0.1) is 12.8 Å². The lowest BCUT2D eigenvalue weighted by Gasteiger charge is -2.09. The number of hydrogen-bond acceptors (Lipinski definition) is 7. The van der Waals surface area contributed by atoms with Crippen LogP contribution in [0.2, 0.25) is 0 Å². The van der Waals surface area contributed by atoms with Crippen molar-refractivity contribution < 1.29 is 18.7 Å². The average Bonchev–Trinajstić information content (AvgIpc) is 3.30. The van der Waals surface area contributed by atoms with E-state index in [-0.39, 0.29) is 18.4 Å². The van der Waals surface area contributed by atoms with Crippen molar-refractivity contribution in [1.29, 1.82) is 0 Å². The number of nitrogens with one attached hydrogen (secondary N) is 2. The first-order valence-corrected chi connectivity index (χ1v) is 8.00. The minimum absolute atomic E-state index is 0.208. The van der Waals surface area contributed by atoms with Crippen LogP contribution in [0.1, 0.15) is 21.9 Å². The van der Waals surface area contributed by atoms with E-state index in [4.69, 9.17) is 13.9 Å². The quantitative estimate of drug-likeness (QED) is 0.728. The van der Waals surface area contributed by atoms with Crippen LogP contribution in [-0.4, -0.2) is 22.7 Å². The summed E-state index contributed by atoms with van der Waals surface area (Å²) in [5.74, 6) is 2.04. The number of hydrogen-bond donors (Lipinski definition) is 2. The van der Waals surface area contributed by atoms with Crippen molar-refractivity contribution in [3.05, 3.63) is 59.8 Å². The Labute approximate surface area is 149 Å². The molecule has 3 aromatic rings. The number of anilines is 2. The largest absolute Gasteiger partial charge is 0.467 e. The number of ether oxygens (including phenoxy) is 2. The number of aryl methyl sites for hydroxylation is 1. The summed E-state index contributed by atoms with van der Waals surface area (Å²) in [7, 11) is 0. The van der Waals surface area contributed by atoms with Gasteiger partial charge in [0.2, 0.25) is 12.7 Å². The second kappa shape index (κ2) is 6.75. The van der Waals surface area contributed by atoms with Gasteiger partial charge in [-0.15, -0.1) is 0 Å². The van der Waals surface area contributed by atoms with Crippen LogP contribution in [0, 0.1) is 6.92 Å². The van der Waals surface area contributed by atoms with Gasteiger partial charge in [-0.3, -0.25) is 4.79 Å². The fourth-order valence-corrected chi connectivity index (χ4v) is 2.52. The lowest BCUT2D eigenvalue weighted by Crippen LogP contribution is -2.24. The molecular weight excluding hydrogens is 336 g/mol. The Morgan fingerprint density at radius 2 is 2.04 bits per heavy atom. The average molecular weight is 352 g/mol. The van der Waals surface area contributed by atoms with Gasteiger partial charge in [-0.2, -0.15) is 0 Å². The molecule has 132 valence electrons. The first-order valence-electron chi connectivity index (χ1n) is 8.00. The topological polar surface area (TPSA) is 98.5 Å². The van der Waals surface area contributed by atoms with Crippen LogP contribution in [0.25, 0.3) is 0 Å². The Kier molecular flexibility index (Phi) is 4.14. The first kappa shape index (κ1) is 15.9. The van der Waals surface area contributed by atoms with Crippen LogP contribution >= 0.6 is 0 Å². The van der Waals surface area contributed by atoms with Crippen molar-refractivity contribution in [2.24, 2.45) is 0 Å². The van der Waals surface area contributed by atoms with E-state index in [1.54, 1.807) is 43.5 Å². The van der Waals surface area contributed by atoms with Gasteiger partial charge >= 0.3 is 0 Å². The summed E-state index contributed by atoms with van der Waals surface area (Å²) in [6.45, 7) is 2.30. The fourth-order valence-electron chi connectivity index (χ4n) is 2.52. The number of carbonyl (C=O) groups excluding carboxylic acids is 1. The third kappa shape index (κ3) is 3.44. The minimum atomic E-state index is -0.305. The van der Waals surface area contributed by atoms with E-state index in [1.165, 1.54) is 0 Å². The van der Waals surface area contributed by atoms with Crippen LogP contribution < -0.4 is 20.1 Å². The zero-order chi connectivity index (χ0) is 17.9. The third-order valence-electron chi connectivity index (χ3n) is 3.72. The Balaban J connectivity index is 1.49. The van der Waals surface area contributed by atoms with E-state index in [2.05, 4.69) is 20.6 Å². The van der Waals surface area contributed by atoms with E-state index >= 15 is 0 Å². The predicted octanol–water partition coefficient (Wildman–Crippen LogP) is 2.78. The predicted molar refractivity (Wildman–Crippen MR) is 92.5 cm³/mol. The zero-order valence-electron chi connectivity index (χ0n) is 14.0. The van der Waals surface area contributed by atoms with Gasteiger partial charge in [0.15, 0.2) is 11.5 Å². The highest BCUT2D eigenvalue weighted by Crippen LogP contribution is 2.34. The van der Waals surface area contributed by atoms with E-state index in [0.29, 0.717) is 35.4 Å². The summed E-state index contributed by atoms with van der Waals surface area (Å²) in [6.07, 6.45) is 1.56. The maximum Gasteiger partial charge on any atom is 0.270 e. The molecule has 1 aliphatic rings. The lowest BCUT2D eigenvalue weighted by atomic mass is 10.3. The van der Waals surface area contributed by atoms with Crippen molar-refractivity contribution >= 4 is 17.5 Å². The standard InChI is InChI=1S/C18H16N4O4/c1-11-7-14(17(23)19-9-13-3-2-6-24-13)22-18(20-11)21-12-4-5-15-16(8-12)26-10-25-15/h2-8H,9-10H2,1H3,(H,19,23)(H,20,21,22). The van der Waals surface area contributed by atoms with Crippen molar-refractivity contribution in [3.8, 4) is 11.5 Å². The first-order chi connectivity index (χ1) is 12.7. The third-order valence-corrected chi connectivity index (χ3v) is 3.72. The number of nitrogens with zero attached hydrogens (tertiary/aromatic N) is 2. The summed E-state index contributed by atoms with van der Waals surface area (Å²) in [6, 6.07) is 10.6. The molecule has 3 heterocycles. The summed E-state index contributed by atoms with van der Waals surface area (Å²) in [5.41, 5.74) is 1.68. The molecule has 8 nitrogen and oxygen atoms in total. The number of carbonyl (C=O) groups is 1. The van der Waals surface area contributed by atoms with E-state index in [9.17, 15) is 4.79 Å². The molecule has 1 amide bonds. The molecular formula is C18H16N4O4. The number of benzene rings is 1. The molecule has 0 bridgehead atoms. The van der Waals surface area contributed by atoms with Gasteiger partial charge in [0, 0.05) is 17.4 Å². The smallest absolute Gasteiger partial charge is 0.270 e. The summed E-state index contributed by atoms with van der Waals surface area (Å²) < 4.78 is 15.8. The molecule has 0 aliphatic carbocycles. The molecule has 0 radical (unpaired) electrons. The fraction of sp³-hybridized carbons (Fsp3) is 0.167. The molecule has 2 N–H and O–H groups in total. The molecule has 1 aromatic carbocycles. The second-order valence-corrected chi connectivity index (χ2v) is 5.67. The lowest BCUT2D eigenvalue weighted by molar-refractivity contribution is 0.0943. The number of furan rings is 1. The van der Waals surface area contributed by atoms with Crippen LogP contribution in [-0.2, 0) is 6.54 Å². The molecule has 2 aromatic heterocycles. The highest BCUT2D eigenvalue weighted by molar-refractivity contribution is 5.92. The van der Waals surface area contributed by atoms with Crippen LogP contribution in [0.4, 0.5) is 11.6 Å². The number of aromatic nitrogens is 2. The van der Waals surface area contributed by atoms with Gasteiger partial charge in [0.25, 0.3) is 5.91 Å². The van der Waals surface area contributed by atoms with Gasteiger partial charge in [-0.1, -0.05) is 0 Å². The summed E-state index contributed by atoms with van der Waals surface area (Å²) >= 11 is 0. The Hall–Kier alpha value is -3.55. The van der Waals surface area contributed by atoms with Gasteiger partial charge in [0.1, 0.15) is 11.5 Å². The molecule has 0 atom stereocenters. The van der Waals surface area contributed by atoms with Gasteiger partial charge in [-0.05, 0) is 37.3 Å². The second-order valence-electron chi connectivity index (χ2n) is 5.67. The molecule has 0 spiro atoms. The monoisotopic (exact) mass is 352 g/mol. The molecule has 0 fully saturated rings. The highest BCUT2D eigenvalue weighted by Gasteiger charge is 2.15. The molecule has 0 unspecified atom stereocenters. The van der Waals surface area contributed by atoms with Gasteiger partial charge in [-0.25, -0.2) is 9.97 Å². The molecule has 4 rings (SSSR count). The normalized spacial score (nSPS) is 12.0. The zero-order valence-corrected chi connectivity index (χ0v) is 14.0. The Morgan fingerprint density at radius 3 is 2.88 bits per heavy atom. The Bertz CT molecular complexity index is 940. The van der Waals surface area contributed by atoms with Crippen molar-refractivity contribution in [2.75, 3.05) is 12.1 Å². The molecule has 1 aliphatic heterocycles. The molecule has 8 heteroatoms. The summed E-state index contributed by atoms with van der Waals surface area (Å²) in [4.78, 5) is 21.0. The maximum absolute atomic E-state index is 12.3. The highest BCUT2D eigenvalue weighted by atomic mass is 16.7. The molecule has 26 heavy (non-hydrogen) atoms. The maximum atomic E-state index is 12.3. The number of amides is 1.